The first-order valence-corrected chi connectivity index (χ1v) is 8.89. The molecule has 0 radical (unpaired) electrons. The van der Waals surface area contributed by atoms with E-state index in [0.29, 0.717) is 41.2 Å². The maximum Gasteiger partial charge on any atom is 0.256 e. The summed E-state index contributed by atoms with van der Waals surface area (Å²) in [6.45, 7) is 2.48. The maximum absolute atomic E-state index is 12.3. The highest BCUT2D eigenvalue weighted by Gasteiger charge is 2.28. The van der Waals surface area contributed by atoms with Gasteiger partial charge in [0.15, 0.2) is 0 Å². The van der Waals surface area contributed by atoms with Crippen LogP contribution in [-0.4, -0.2) is 58.2 Å². The van der Waals surface area contributed by atoms with E-state index in [4.69, 9.17) is 9.84 Å². The molecular weight excluding hydrogens is 348 g/mol. The molecular formula is C19H24N4O4. The number of fused-ring (bicyclic) bond motifs is 1. The molecule has 1 amide bonds. The van der Waals surface area contributed by atoms with Crippen LogP contribution in [0.3, 0.4) is 0 Å². The fraction of sp³-hybridized carbons (Fsp3) is 0.368. The molecule has 0 bridgehead atoms. The van der Waals surface area contributed by atoms with E-state index in [-0.39, 0.29) is 25.2 Å². The Morgan fingerprint density at radius 2 is 2.22 bits per heavy atom. The summed E-state index contributed by atoms with van der Waals surface area (Å²) in [6.07, 6.45) is 3.24. The number of aliphatic hydroxyl groups excluding tert-OH is 2. The van der Waals surface area contributed by atoms with Gasteiger partial charge in [-0.3, -0.25) is 9.89 Å². The van der Waals surface area contributed by atoms with Crippen molar-refractivity contribution in [1.82, 2.24) is 15.5 Å². The third-order valence-electron chi connectivity index (χ3n) is 4.31. The lowest BCUT2D eigenvalue weighted by molar-refractivity contribution is -0.110. The molecule has 0 spiro atoms. The maximum atomic E-state index is 12.3. The Balaban J connectivity index is 1.70. The molecule has 8 heteroatoms. The molecule has 144 valence electrons. The Hall–Kier alpha value is -2.68. The number of carbonyl (C=O) groups is 1. The zero-order valence-electron chi connectivity index (χ0n) is 15.1. The number of H-pyrrole nitrogens is 1. The number of nitrogens with one attached hydrogen (secondary N) is 3. The smallest absolute Gasteiger partial charge is 0.256 e. The van der Waals surface area contributed by atoms with Crippen molar-refractivity contribution in [2.45, 2.75) is 25.5 Å². The fourth-order valence-corrected chi connectivity index (χ4v) is 2.85. The molecule has 2 atom stereocenters. The number of ether oxygens (including phenoxy) is 1. The Kier molecular flexibility index (Phi) is 6.23. The van der Waals surface area contributed by atoms with E-state index in [1.54, 1.807) is 30.5 Å². The van der Waals surface area contributed by atoms with Crippen LogP contribution in [0.4, 0.5) is 5.69 Å². The first-order chi connectivity index (χ1) is 13.1. The zero-order valence-corrected chi connectivity index (χ0v) is 15.1. The molecule has 1 aromatic heterocycles. The van der Waals surface area contributed by atoms with Gasteiger partial charge in [-0.05, 0) is 37.6 Å². The van der Waals surface area contributed by atoms with Crippen molar-refractivity contribution in [2.75, 3.05) is 25.1 Å². The lowest BCUT2D eigenvalue weighted by Crippen LogP contribution is -2.37. The number of rotatable bonds is 9. The van der Waals surface area contributed by atoms with Crippen molar-refractivity contribution in [3.63, 3.8) is 0 Å². The molecule has 2 aromatic rings. The average molecular weight is 372 g/mol. The summed E-state index contributed by atoms with van der Waals surface area (Å²) >= 11 is 0. The van der Waals surface area contributed by atoms with Crippen molar-refractivity contribution in [2.24, 2.45) is 0 Å². The van der Waals surface area contributed by atoms with E-state index >= 15 is 0 Å². The summed E-state index contributed by atoms with van der Waals surface area (Å²) in [5.74, 6) is 0.315. The fourth-order valence-electron chi connectivity index (χ4n) is 2.85. The first-order valence-electron chi connectivity index (χ1n) is 8.89. The van der Waals surface area contributed by atoms with E-state index in [0.717, 1.165) is 0 Å². The standard InChI is InChI=1S/C19H24N4O4/c1-12(6-8-24)20-10-14(25)11-27-17-4-2-3-16-18(17)15(19(26)22-16)9-13-5-7-21-23-13/h2-5,7,9,12,14,20,24-25H,6,8,10-11H2,1H3,(H,21,23)(H,22,26)/b15-9-. The van der Waals surface area contributed by atoms with Gasteiger partial charge in [-0.25, -0.2) is 0 Å². The van der Waals surface area contributed by atoms with Crippen LogP contribution in [-0.2, 0) is 4.79 Å². The second kappa shape index (κ2) is 8.81. The Morgan fingerprint density at radius 1 is 1.37 bits per heavy atom. The number of hydrogen-bond donors (Lipinski definition) is 5. The van der Waals surface area contributed by atoms with Crippen molar-refractivity contribution in [3.8, 4) is 5.75 Å². The van der Waals surface area contributed by atoms with Crippen LogP contribution in [0.2, 0.25) is 0 Å². The van der Waals surface area contributed by atoms with Gasteiger partial charge in [-0.15, -0.1) is 0 Å². The SMILES string of the molecule is CC(CCO)NCC(O)COc1cccc2c1/C(=C/c1ccn[nH]1)C(=O)N2. The van der Waals surface area contributed by atoms with Crippen LogP contribution in [0.25, 0.3) is 11.6 Å². The van der Waals surface area contributed by atoms with Gasteiger partial charge >= 0.3 is 0 Å². The van der Waals surface area contributed by atoms with Gasteiger partial charge in [0.2, 0.25) is 0 Å². The van der Waals surface area contributed by atoms with E-state index in [2.05, 4.69) is 20.8 Å². The lowest BCUT2D eigenvalue weighted by atomic mass is 10.0. The summed E-state index contributed by atoms with van der Waals surface area (Å²) in [6, 6.07) is 7.25. The largest absolute Gasteiger partial charge is 0.490 e. The number of hydrogen-bond acceptors (Lipinski definition) is 6. The number of aliphatic hydroxyl groups is 2. The third-order valence-corrected chi connectivity index (χ3v) is 4.31. The molecule has 1 aromatic carbocycles. The van der Waals surface area contributed by atoms with Gasteiger partial charge in [-0.1, -0.05) is 6.07 Å². The van der Waals surface area contributed by atoms with Crippen LogP contribution >= 0.6 is 0 Å². The molecule has 0 saturated carbocycles. The molecule has 2 unspecified atom stereocenters. The van der Waals surface area contributed by atoms with Gasteiger partial charge in [0.1, 0.15) is 18.5 Å². The molecule has 0 fully saturated rings. The summed E-state index contributed by atoms with van der Waals surface area (Å²) in [7, 11) is 0. The Labute approximate surface area is 157 Å². The van der Waals surface area contributed by atoms with Gasteiger partial charge in [-0.2, -0.15) is 5.10 Å². The molecule has 5 N–H and O–H groups in total. The minimum atomic E-state index is -0.716. The van der Waals surface area contributed by atoms with E-state index in [9.17, 15) is 9.90 Å². The molecule has 8 nitrogen and oxygen atoms in total. The van der Waals surface area contributed by atoms with Crippen LogP contribution in [0.1, 0.15) is 24.6 Å². The minimum Gasteiger partial charge on any atom is -0.490 e. The minimum absolute atomic E-state index is 0.0842. The Bertz CT molecular complexity index is 804. The van der Waals surface area contributed by atoms with Crippen molar-refractivity contribution >= 4 is 23.2 Å². The predicted molar refractivity (Wildman–Crippen MR) is 102 cm³/mol. The molecule has 0 aliphatic carbocycles. The van der Waals surface area contributed by atoms with Gasteiger partial charge in [0.25, 0.3) is 5.91 Å². The normalized spacial score (nSPS) is 16.9. The number of carbonyl (C=O) groups excluding carboxylic acids is 1. The van der Waals surface area contributed by atoms with Crippen LogP contribution in [0, 0.1) is 0 Å². The number of benzene rings is 1. The lowest BCUT2D eigenvalue weighted by Gasteiger charge is -2.18. The van der Waals surface area contributed by atoms with Crippen molar-refractivity contribution < 1.29 is 19.7 Å². The third kappa shape index (κ3) is 4.73. The topological polar surface area (TPSA) is 120 Å². The monoisotopic (exact) mass is 372 g/mol. The van der Waals surface area contributed by atoms with Crippen LogP contribution in [0.5, 0.6) is 5.75 Å². The second-order valence-corrected chi connectivity index (χ2v) is 6.49. The molecule has 27 heavy (non-hydrogen) atoms. The number of nitrogens with zero attached hydrogens (tertiary/aromatic N) is 1. The van der Waals surface area contributed by atoms with E-state index in [1.165, 1.54) is 0 Å². The molecule has 2 heterocycles. The predicted octanol–water partition coefficient (Wildman–Crippen LogP) is 1.00. The summed E-state index contributed by atoms with van der Waals surface area (Å²) in [5, 5.41) is 31.7. The van der Waals surface area contributed by atoms with Gasteiger partial charge in [0, 0.05) is 25.4 Å². The number of anilines is 1. The Morgan fingerprint density at radius 3 is 2.96 bits per heavy atom. The molecule has 1 aliphatic heterocycles. The van der Waals surface area contributed by atoms with Crippen molar-refractivity contribution in [1.29, 1.82) is 0 Å². The number of aromatic nitrogens is 2. The quantitative estimate of drug-likeness (QED) is 0.419. The second-order valence-electron chi connectivity index (χ2n) is 6.49. The first kappa shape index (κ1) is 19.1. The highest BCUT2D eigenvalue weighted by Crippen LogP contribution is 2.39. The zero-order chi connectivity index (χ0) is 19.2. The van der Waals surface area contributed by atoms with Crippen LogP contribution in [0.15, 0.2) is 30.5 Å². The average Bonchev–Trinajstić information content (AvgIpc) is 3.27. The van der Waals surface area contributed by atoms with Crippen LogP contribution < -0.4 is 15.4 Å². The molecule has 0 saturated heterocycles. The van der Waals surface area contributed by atoms with E-state index in [1.807, 2.05) is 13.0 Å². The number of amides is 1. The molecule has 1 aliphatic rings. The van der Waals surface area contributed by atoms with Crippen molar-refractivity contribution in [3.05, 3.63) is 41.7 Å². The number of aromatic amines is 1. The van der Waals surface area contributed by atoms with Gasteiger partial charge < -0.3 is 25.6 Å². The highest BCUT2D eigenvalue weighted by atomic mass is 16.5. The highest BCUT2D eigenvalue weighted by molar-refractivity contribution is 6.35. The summed E-state index contributed by atoms with van der Waals surface area (Å²) in [4.78, 5) is 12.3. The molecule has 3 rings (SSSR count). The summed E-state index contributed by atoms with van der Waals surface area (Å²) < 4.78 is 5.80. The van der Waals surface area contributed by atoms with Gasteiger partial charge in [0.05, 0.1) is 22.5 Å². The van der Waals surface area contributed by atoms with E-state index < -0.39 is 6.10 Å². The summed E-state index contributed by atoms with van der Waals surface area (Å²) in [5.41, 5.74) is 2.54.